The Bertz CT molecular complexity index is 166. The molecule has 0 aromatic rings. The predicted molar refractivity (Wildman–Crippen MR) is 29.6 cm³/mol. The summed E-state index contributed by atoms with van der Waals surface area (Å²) in [6.45, 7) is 1.68. The smallest absolute Gasteiger partial charge is 0.0941 e. The van der Waals surface area contributed by atoms with Gasteiger partial charge >= 0.3 is 0 Å². The highest BCUT2D eigenvalue weighted by Gasteiger charge is 1.79. The molecule has 0 rings (SSSR count). The molecule has 0 amide bonds. The van der Waals surface area contributed by atoms with Crippen LogP contribution in [-0.4, -0.2) is 0 Å². The minimum absolute atomic E-state index is 0.333. The number of nitriles is 2. The molecular formula is C6H6N2. The Morgan fingerprint density at radius 1 is 1.62 bits per heavy atom. The van der Waals surface area contributed by atoms with Crippen LogP contribution >= 0.6 is 0 Å². The van der Waals surface area contributed by atoms with Gasteiger partial charge in [0.25, 0.3) is 0 Å². The molecule has 0 aliphatic carbocycles. The average Bonchev–Trinajstić information content (AvgIpc) is 1.83. The van der Waals surface area contributed by atoms with Crippen LogP contribution in [0.2, 0.25) is 0 Å². The van der Waals surface area contributed by atoms with Gasteiger partial charge < -0.3 is 0 Å². The molecule has 8 heavy (non-hydrogen) atoms. The Labute approximate surface area is 48.7 Å². The molecular weight excluding hydrogens is 100 g/mol. The maximum atomic E-state index is 8.13. The number of rotatable bonds is 1. The van der Waals surface area contributed by atoms with Crippen molar-refractivity contribution in [1.29, 1.82) is 10.5 Å². The van der Waals surface area contributed by atoms with Crippen molar-refractivity contribution < 1.29 is 0 Å². The summed E-state index contributed by atoms with van der Waals surface area (Å²) >= 11 is 0. The van der Waals surface area contributed by atoms with E-state index in [2.05, 4.69) is 0 Å². The van der Waals surface area contributed by atoms with E-state index in [-0.39, 0.29) is 0 Å². The van der Waals surface area contributed by atoms with E-state index < -0.39 is 0 Å². The Morgan fingerprint density at radius 3 is 2.62 bits per heavy atom. The number of hydrogen-bond donors (Lipinski definition) is 0. The van der Waals surface area contributed by atoms with Crippen LogP contribution in [0.4, 0.5) is 0 Å². The number of allylic oxidation sites excluding steroid dienone is 2. The van der Waals surface area contributed by atoms with Gasteiger partial charge in [-0.05, 0) is 6.92 Å². The molecule has 0 fully saturated rings. The summed E-state index contributed by atoms with van der Waals surface area (Å²) in [4.78, 5) is 0. The van der Waals surface area contributed by atoms with E-state index in [0.29, 0.717) is 12.0 Å². The summed E-state index contributed by atoms with van der Waals surface area (Å²) in [6, 6.07) is 3.82. The molecule has 0 saturated heterocycles. The zero-order valence-corrected chi connectivity index (χ0v) is 4.68. The van der Waals surface area contributed by atoms with Crippen molar-refractivity contribution in [3.05, 3.63) is 11.6 Å². The lowest BCUT2D eigenvalue weighted by molar-refractivity contribution is 1.31. The van der Waals surface area contributed by atoms with Crippen LogP contribution in [0, 0.1) is 22.7 Å². The summed E-state index contributed by atoms with van der Waals surface area (Å²) in [5.41, 5.74) is 0.603. The fourth-order valence-corrected chi connectivity index (χ4v) is 0.244. The molecule has 0 radical (unpaired) electrons. The second-order valence-electron chi connectivity index (χ2n) is 1.36. The third-order valence-electron chi connectivity index (χ3n) is 0.676. The first-order valence-electron chi connectivity index (χ1n) is 2.25. The van der Waals surface area contributed by atoms with Crippen LogP contribution < -0.4 is 0 Å². The average molecular weight is 106 g/mol. The molecule has 0 bridgehead atoms. The molecule has 40 valence electrons. The fourth-order valence-electron chi connectivity index (χ4n) is 0.244. The third-order valence-corrected chi connectivity index (χ3v) is 0.676. The van der Waals surface area contributed by atoms with Crippen LogP contribution in [0.15, 0.2) is 11.6 Å². The lowest BCUT2D eigenvalue weighted by Gasteiger charge is -1.75. The predicted octanol–water partition coefficient (Wildman–Crippen LogP) is 1.37. The van der Waals surface area contributed by atoms with Crippen LogP contribution in [0.3, 0.4) is 0 Å². The minimum Gasteiger partial charge on any atom is -0.198 e. The highest BCUT2D eigenvalue weighted by molar-refractivity contribution is 5.18. The summed E-state index contributed by atoms with van der Waals surface area (Å²) in [7, 11) is 0. The van der Waals surface area contributed by atoms with Gasteiger partial charge in [0.2, 0.25) is 0 Å². The summed E-state index contributed by atoms with van der Waals surface area (Å²) in [5, 5.41) is 16.1. The van der Waals surface area contributed by atoms with Crippen molar-refractivity contribution >= 4 is 0 Å². The summed E-state index contributed by atoms with van der Waals surface area (Å²) in [6.07, 6.45) is 1.93. The van der Waals surface area contributed by atoms with E-state index in [0.717, 1.165) is 0 Å². The number of nitrogens with zero attached hydrogens (tertiary/aromatic N) is 2. The maximum absolute atomic E-state index is 8.13. The lowest BCUT2D eigenvalue weighted by Crippen LogP contribution is -1.65. The molecule has 0 aromatic heterocycles. The lowest BCUT2D eigenvalue weighted by atomic mass is 10.3. The van der Waals surface area contributed by atoms with E-state index in [4.69, 9.17) is 10.5 Å². The first-order valence-corrected chi connectivity index (χ1v) is 2.25. The first kappa shape index (κ1) is 6.72. The summed E-state index contributed by atoms with van der Waals surface area (Å²) < 4.78 is 0. The standard InChI is InChI=1S/C6H6N2/c1-6(5-8)3-2-4-7/h3H,2H2,1H3/b6-3+. The monoisotopic (exact) mass is 106 g/mol. The molecule has 2 heteroatoms. The van der Waals surface area contributed by atoms with Crippen molar-refractivity contribution in [1.82, 2.24) is 0 Å². The maximum Gasteiger partial charge on any atom is 0.0941 e. The van der Waals surface area contributed by atoms with E-state index >= 15 is 0 Å². The van der Waals surface area contributed by atoms with Crippen LogP contribution in [0.5, 0.6) is 0 Å². The molecule has 0 spiro atoms. The molecule has 0 aromatic carbocycles. The second-order valence-corrected chi connectivity index (χ2v) is 1.36. The normalized spacial score (nSPS) is 9.62. The van der Waals surface area contributed by atoms with Crippen molar-refractivity contribution in [2.75, 3.05) is 0 Å². The number of hydrogen-bond acceptors (Lipinski definition) is 2. The first-order chi connectivity index (χ1) is 3.81. The van der Waals surface area contributed by atoms with Crippen molar-refractivity contribution in [2.24, 2.45) is 0 Å². The fraction of sp³-hybridized carbons (Fsp3) is 0.333. The van der Waals surface area contributed by atoms with Gasteiger partial charge in [-0.1, -0.05) is 6.08 Å². The second kappa shape index (κ2) is 3.89. The van der Waals surface area contributed by atoms with Gasteiger partial charge in [-0.25, -0.2) is 0 Å². The van der Waals surface area contributed by atoms with Gasteiger partial charge in [0.05, 0.1) is 18.6 Å². The van der Waals surface area contributed by atoms with Gasteiger partial charge in [-0.2, -0.15) is 10.5 Å². The molecule has 0 aliphatic heterocycles. The largest absolute Gasteiger partial charge is 0.198 e. The molecule has 0 atom stereocenters. The van der Waals surface area contributed by atoms with Gasteiger partial charge in [0.1, 0.15) is 0 Å². The Balaban J connectivity index is 3.67. The van der Waals surface area contributed by atoms with E-state index in [1.54, 1.807) is 13.0 Å². The minimum atomic E-state index is 0.333. The van der Waals surface area contributed by atoms with Crippen LogP contribution in [0.1, 0.15) is 13.3 Å². The van der Waals surface area contributed by atoms with Crippen LogP contribution in [0.25, 0.3) is 0 Å². The Morgan fingerprint density at radius 2 is 2.25 bits per heavy atom. The van der Waals surface area contributed by atoms with E-state index in [1.807, 2.05) is 12.1 Å². The third kappa shape index (κ3) is 2.93. The molecule has 2 nitrogen and oxygen atoms in total. The highest BCUT2D eigenvalue weighted by Crippen LogP contribution is 1.89. The molecule has 0 N–H and O–H groups in total. The van der Waals surface area contributed by atoms with Crippen molar-refractivity contribution in [3.8, 4) is 12.1 Å². The molecule has 0 unspecified atom stereocenters. The zero-order valence-electron chi connectivity index (χ0n) is 4.68. The van der Waals surface area contributed by atoms with Gasteiger partial charge in [-0.15, -0.1) is 0 Å². The molecule has 0 saturated carbocycles. The topological polar surface area (TPSA) is 47.6 Å². The molecule has 0 heterocycles. The quantitative estimate of drug-likeness (QED) is 0.474. The summed E-state index contributed by atoms with van der Waals surface area (Å²) in [5.74, 6) is 0. The zero-order chi connectivity index (χ0) is 6.41. The van der Waals surface area contributed by atoms with E-state index in [1.165, 1.54) is 0 Å². The van der Waals surface area contributed by atoms with Crippen molar-refractivity contribution in [2.45, 2.75) is 13.3 Å². The SMILES string of the molecule is C/C(C#N)=C\CC#N. The molecule has 0 aliphatic rings. The van der Waals surface area contributed by atoms with Gasteiger partial charge in [-0.3, -0.25) is 0 Å². The van der Waals surface area contributed by atoms with E-state index in [9.17, 15) is 0 Å². The van der Waals surface area contributed by atoms with Crippen LogP contribution in [-0.2, 0) is 0 Å². The van der Waals surface area contributed by atoms with Gasteiger partial charge in [0.15, 0.2) is 0 Å². The van der Waals surface area contributed by atoms with Crippen molar-refractivity contribution in [3.63, 3.8) is 0 Å². The Hall–Kier alpha value is -1.28. The highest BCUT2D eigenvalue weighted by atomic mass is 14.2. The Kier molecular flexibility index (Phi) is 3.27. The van der Waals surface area contributed by atoms with Gasteiger partial charge in [0, 0.05) is 5.57 Å².